The van der Waals surface area contributed by atoms with Crippen LogP contribution in [0.4, 0.5) is 5.69 Å². The number of hydrogen-bond acceptors (Lipinski definition) is 5. The monoisotopic (exact) mass is 450 g/mol. The molecule has 0 saturated carbocycles. The van der Waals surface area contributed by atoms with E-state index in [1.165, 1.54) is 17.6 Å². The van der Waals surface area contributed by atoms with Crippen molar-refractivity contribution >= 4 is 23.1 Å². The van der Waals surface area contributed by atoms with E-state index >= 15 is 0 Å². The summed E-state index contributed by atoms with van der Waals surface area (Å²) in [5.41, 5.74) is 4.79. The van der Waals surface area contributed by atoms with E-state index in [1.54, 1.807) is 13.0 Å². The number of nitrogens with zero attached hydrogens (tertiary/aromatic N) is 3. The topological polar surface area (TPSA) is 78.7 Å². The predicted molar refractivity (Wildman–Crippen MR) is 129 cm³/mol. The molecule has 0 radical (unpaired) electrons. The van der Waals surface area contributed by atoms with Crippen molar-refractivity contribution in [2.75, 3.05) is 39.0 Å². The number of piperidine rings is 1. The van der Waals surface area contributed by atoms with Crippen molar-refractivity contribution in [2.24, 2.45) is 0 Å². The van der Waals surface area contributed by atoms with Crippen molar-refractivity contribution in [1.29, 1.82) is 0 Å². The van der Waals surface area contributed by atoms with Crippen LogP contribution in [0.3, 0.4) is 0 Å². The van der Waals surface area contributed by atoms with Crippen LogP contribution >= 0.6 is 0 Å². The smallest absolute Gasteiger partial charge is 0.277 e. The number of hydrogen-bond donors (Lipinski definition) is 1. The molecule has 2 aromatic rings. The summed E-state index contributed by atoms with van der Waals surface area (Å²) in [4.78, 5) is 29.0. The number of anilines is 1. The van der Waals surface area contributed by atoms with Crippen molar-refractivity contribution in [3.63, 3.8) is 0 Å². The molecule has 2 aliphatic rings. The van der Waals surface area contributed by atoms with Gasteiger partial charge in [0.25, 0.3) is 5.91 Å². The van der Waals surface area contributed by atoms with Gasteiger partial charge in [0.15, 0.2) is 5.69 Å². The maximum atomic E-state index is 12.7. The van der Waals surface area contributed by atoms with E-state index in [9.17, 15) is 9.59 Å². The summed E-state index contributed by atoms with van der Waals surface area (Å²) in [6.07, 6.45) is 8.69. The third kappa shape index (κ3) is 5.71. The third-order valence-electron chi connectivity index (χ3n) is 6.56. The van der Waals surface area contributed by atoms with Gasteiger partial charge in [-0.25, -0.2) is 0 Å². The number of rotatable bonds is 6. The summed E-state index contributed by atoms with van der Waals surface area (Å²) >= 11 is 0. The molecule has 1 aromatic carbocycles. The zero-order valence-electron chi connectivity index (χ0n) is 19.9. The number of allylic oxidation sites excluding steroid dienone is 2. The van der Waals surface area contributed by atoms with Gasteiger partial charge in [-0.1, -0.05) is 17.3 Å². The van der Waals surface area contributed by atoms with Gasteiger partial charge < -0.3 is 19.6 Å². The van der Waals surface area contributed by atoms with Crippen LogP contribution < -0.4 is 5.32 Å². The summed E-state index contributed by atoms with van der Waals surface area (Å²) in [6.45, 7) is 3.82. The number of likely N-dealkylation sites (N-methyl/N-ethyl adjacent to an activating group) is 1. The number of aromatic nitrogens is 1. The minimum Gasteiger partial charge on any atom is -0.361 e. The molecule has 1 aliphatic carbocycles. The van der Waals surface area contributed by atoms with E-state index in [1.807, 2.05) is 30.0 Å². The minimum absolute atomic E-state index is 0.202. The van der Waals surface area contributed by atoms with Gasteiger partial charge in [-0.15, -0.1) is 0 Å². The minimum atomic E-state index is -0.259. The van der Waals surface area contributed by atoms with Crippen LogP contribution in [-0.4, -0.2) is 60.5 Å². The Kier molecular flexibility index (Phi) is 7.28. The first-order chi connectivity index (χ1) is 15.9. The SMILES string of the molecule is Cc1cc(C(=O)Nc2ccc(C3CCN(C(=O)CN(C)C)CC3)cc2C2=CCCCC2)no1. The van der Waals surface area contributed by atoms with E-state index in [2.05, 4.69) is 28.7 Å². The van der Waals surface area contributed by atoms with Crippen molar-refractivity contribution in [3.05, 3.63) is 52.9 Å². The highest BCUT2D eigenvalue weighted by Gasteiger charge is 2.25. The Hall–Kier alpha value is -2.93. The maximum absolute atomic E-state index is 12.7. The predicted octanol–water partition coefficient (Wildman–Crippen LogP) is 4.46. The Labute approximate surface area is 195 Å². The van der Waals surface area contributed by atoms with Crippen molar-refractivity contribution in [2.45, 2.75) is 51.4 Å². The van der Waals surface area contributed by atoms with Crippen molar-refractivity contribution in [3.8, 4) is 0 Å². The highest BCUT2D eigenvalue weighted by molar-refractivity contribution is 6.04. The van der Waals surface area contributed by atoms with Gasteiger partial charge in [-0.2, -0.15) is 0 Å². The Bertz CT molecular complexity index is 1030. The molecule has 2 heterocycles. The van der Waals surface area contributed by atoms with Gasteiger partial charge in [-0.05, 0) is 88.7 Å². The summed E-state index contributed by atoms with van der Waals surface area (Å²) in [6, 6.07) is 8.05. The van der Waals surface area contributed by atoms with E-state index in [0.717, 1.165) is 56.4 Å². The highest BCUT2D eigenvalue weighted by Crippen LogP contribution is 2.36. The molecular weight excluding hydrogens is 416 g/mol. The molecular formula is C26H34N4O3. The lowest BCUT2D eigenvalue weighted by Crippen LogP contribution is -2.42. The van der Waals surface area contributed by atoms with Gasteiger partial charge in [0, 0.05) is 30.4 Å². The Morgan fingerprint density at radius 2 is 1.97 bits per heavy atom. The molecule has 176 valence electrons. The quantitative estimate of drug-likeness (QED) is 0.703. The summed E-state index contributed by atoms with van der Waals surface area (Å²) < 4.78 is 5.06. The number of likely N-dealkylation sites (tertiary alicyclic amines) is 1. The lowest BCUT2D eigenvalue weighted by atomic mass is 9.85. The third-order valence-corrected chi connectivity index (χ3v) is 6.56. The maximum Gasteiger partial charge on any atom is 0.277 e. The Balaban J connectivity index is 1.52. The number of nitrogens with one attached hydrogen (secondary N) is 1. The lowest BCUT2D eigenvalue weighted by molar-refractivity contribution is -0.132. The van der Waals surface area contributed by atoms with Gasteiger partial charge in [0.2, 0.25) is 5.91 Å². The van der Waals surface area contributed by atoms with Crippen molar-refractivity contribution in [1.82, 2.24) is 15.0 Å². The van der Waals surface area contributed by atoms with E-state index in [-0.39, 0.29) is 17.5 Å². The molecule has 4 rings (SSSR count). The average Bonchev–Trinajstić information content (AvgIpc) is 3.26. The molecule has 1 aromatic heterocycles. The zero-order chi connectivity index (χ0) is 23.4. The molecule has 0 atom stereocenters. The second-order valence-electron chi connectivity index (χ2n) is 9.45. The number of benzene rings is 1. The van der Waals surface area contributed by atoms with Crippen LogP contribution in [-0.2, 0) is 4.79 Å². The summed E-state index contributed by atoms with van der Waals surface area (Å²) in [5.74, 6) is 0.970. The molecule has 33 heavy (non-hydrogen) atoms. The lowest BCUT2D eigenvalue weighted by Gasteiger charge is -2.33. The van der Waals surface area contributed by atoms with Crippen LogP contribution in [0.15, 0.2) is 34.9 Å². The molecule has 1 fully saturated rings. The standard InChI is InChI=1S/C26H34N4O3/c1-18-15-24(28-33-18)26(32)27-23-10-9-21(16-22(23)20-7-5-4-6-8-20)19-11-13-30(14-12-19)25(31)17-29(2)3/h7,9-10,15-16,19H,4-6,8,11-14,17H2,1-3H3,(H,27,32). The second kappa shape index (κ2) is 10.3. The molecule has 1 N–H and O–H groups in total. The van der Waals surface area contributed by atoms with Crippen LogP contribution in [0.2, 0.25) is 0 Å². The van der Waals surface area contributed by atoms with E-state index in [4.69, 9.17) is 4.52 Å². The number of carbonyl (C=O) groups is 2. The molecule has 0 unspecified atom stereocenters. The van der Waals surface area contributed by atoms with Crippen LogP contribution in [0.1, 0.15) is 71.8 Å². The fourth-order valence-electron chi connectivity index (χ4n) is 4.77. The Morgan fingerprint density at radius 3 is 2.61 bits per heavy atom. The van der Waals surface area contributed by atoms with Crippen LogP contribution in [0.5, 0.6) is 0 Å². The van der Waals surface area contributed by atoms with Crippen molar-refractivity contribution < 1.29 is 14.1 Å². The number of carbonyl (C=O) groups excluding carboxylic acids is 2. The first kappa shape index (κ1) is 23.2. The summed E-state index contributed by atoms with van der Waals surface area (Å²) in [7, 11) is 3.85. The molecule has 7 nitrogen and oxygen atoms in total. The van der Waals surface area contributed by atoms with E-state index in [0.29, 0.717) is 18.2 Å². The first-order valence-electron chi connectivity index (χ1n) is 11.9. The normalized spacial score (nSPS) is 17.2. The van der Waals surface area contributed by atoms with Crippen LogP contribution in [0, 0.1) is 6.92 Å². The fourth-order valence-corrected chi connectivity index (χ4v) is 4.77. The summed E-state index contributed by atoms with van der Waals surface area (Å²) in [5, 5.41) is 6.90. The van der Waals surface area contributed by atoms with Gasteiger partial charge in [0.05, 0.1) is 6.54 Å². The first-order valence-corrected chi connectivity index (χ1v) is 11.9. The van der Waals surface area contributed by atoms with Crippen LogP contribution in [0.25, 0.3) is 5.57 Å². The zero-order valence-corrected chi connectivity index (χ0v) is 19.9. The molecule has 0 bridgehead atoms. The molecule has 7 heteroatoms. The second-order valence-corrected chi connectivity index (χ2v) is 9.45. The molecule has 2 amide bonds. The molecule has 1 aliphatic heterocycles. The van der Waals surface area contributed by atoms with E-state index < -0.39 is 0 Å². The molecule has 0 spiro atoms. The Morgan fingerprint density at radius 1 is 1.18 bits per heavy atom. The fraction of sp³-hybridized carbons (Fsp3) is 0.500. The molecule has 1 saturated heterocycles. The largest absolute Gasteiger partial charge is 0.361 e. The van der Waals surface area contributed by atoms with Gasteiger partial charge in [-0.3, -0.25) is 9.59 Å². The number of amides is 2. The van der Waals surface area contributed by atoms with Gasteiger partial charge >= 0.3 is 0 Å². The van der Waals surface area contributed by atoms with Gasteiger partial charge in [0.1, 0.15) is 5.76 Å². The highest BCUT2D eigenvalue weighted by atomic mass is 16.5. The average molecular weight is 451 g/mol. The number of aryl methyl sites for hydroxylation is 1.